The number of hydrogen-bond acceptors (Lipinski definition) is 4. The second-order valence-corrected chi connectivity index (χ2v) is 4.43. The number of nitrogens with zero attached hydrogens (tertiary/aromatic N) is 1. The number of aliphatic hydroxyl groups excluding tert-OH is 2. The minimum atomic E-state index is -0.607. The van der Waals surface area contributed by atoms with Crippen molar-refractivity contribution < 1.29 is 14.9 Å². The first-order valence-electron chi connectivity index (χ1n) is 5.96. The predicted octanol–water partition coefficient (Wildman–Crippen LogP) is 0.241. The fourth-order valence-corrected chi connectivity index (χ4v) is 1.99. The summed E-state index contributed by atoms with van der Waals surface area (Å²) in [6.07, 6.45) is -1.21. The largest absolute Gasteiger partial charge is 0.389 e. The van der Waals surface area contributed by atoms with Gasteiger partial charge in [0, 0.05) is 19.6 Å². The Labute approximate surface area is 101 Å². The number of β-amino-alcohol motifs (C(OH)–C–C–N with tert-alkyl or cyclic N) is 2. The van der Waals surface area contributed by atoms with Crippen LogP contribution in [0.1, 0.15) is 5.56 Å². The van der Waals surface area contributed by atoms with Crippen molar-refractivity contribution in [2.45, 2.75) is 18.8 Å². The van der Waals surface area contributed by atoms with E-state index in [-0.39, 0.29) is 0 Å². The van der Waals surface area contributed by atoms with E-state index in [4.69, 9.17) is 4.74 Å². The summed E-state index contributed by atoms with van der Waals surface area (Å²) in [5, 5.41) is 18.7. The number of rotatable bonds is 5. The van der Waals surface area contributed by atoms with Gasteiger partial charge in [-0.3, -0.25) is 4.90 Å². The summed E-state index contributed by atoms with van der Waals surface area (Å²) in [5.74, 6) is 0. The molecule has 2 rings (SSSR count). The standard InChI is InChI=1S/C13H19NO3/c15-12-8-14(9-13(12)16)6-7-17-10-11-4-2-1-3-5-11/h1-5,12-13,15-16H,6-10H2/t12-,13-/m0/s1. The zero-order chi connectivity index (χ0) is 12.1. The molecule has 1 fully saturated rings. The van der Waals surface area contributed by atoms with Gasteiger partial charge in [0.05, 0.1) is 25.4 Å². The van der Waals surface area contributed by atoms with Crippen LogP contribution in [0.5, 0.6) is 0 Å². The SMILES string of the molecule is O[C@H]1CN(CCOCc2ccccc2)C[C@@H]1O. The Morgan fingerprint density at radius 3 is 2.41 bits per heavy atom. The summed E-state index contributed by atoms with van der Waals surface area (Å²) >= 11 is 0. The number of ether oxygens (including phenoxy) is 1. The topological polar surface area (TPSA) is 52.9 Å². The Morgan fingerprint density at radius 2 is 1.76 bits per heavy atom. The summed E-state index contributed by atoms with van der Waals surface area (Å²) in [7, 11) is 0. The highest BCUT2D eigenvalue weighted by Crippen LogP contribution is 2.09. The van der Waals surface area contributed by atoms with Gasteiger partial charge in [-0.15, -0.1) is 0 Å². The molecule has 0 aromatic heterocycles. The molecule has 17 heavy (non-hydrogen) atoms. The third kappa shape index (κ3) is 3.78. The van der Waals surface area contributed by atoms with Crippen LogP contribution in [0.2, 0.25) is 0 Å². The zero-order valence-electron chi connectivity index (χ0n) is 9.83. The van der Waals surface area contributed by atoms with Crippen LogP contribution in [-0.2, 0) is 11.3 Å². The predicted molar refractivity (Wildman–Crippen MR) is 64.6 cm³/mol. The Kier molecular flexibility index (Phi) is 4.50. The molecule has 1 heterocycles. The Balaban J connectivity index is 1.61. The van der Waals surface area contributed by atoms with E-state index in [0.717, 1.165) is 12.1 Å². The van der Waals surface area contributed by atoms with Crippen molar-refractivity contribution in [2.75, 3.05) is 26.2 Å². The van der Waals surface area contributed by atoms with Crippen molar-refractivity contribution in [3.8, 4) is 0 Å². The Bertz CT molecular complexity index is 321. The van der Waals surface area contributed by atoms with Crippen LogP contribution in [0, 0.1) is 0 Å². The molecule has 2 atom stereocenters. The second kappa shape index (κ2) is 6.12. The van der Waals surface area contributed by atoms with Gasteiger partial charge in [0.1, 0.15) is 0 Å². The summed E-state index contributed by atoms with van der Waals surface area (Å²) < 4.78 is 5.55. The summed E-state index contributed by atoms with van der Waals surface area (Å²) in [5.41, 5.74) is 1.16. The molecule has 1 aliphatic rings. The van der Waals surface area contributed by atoms with E-state index in [0.29, 0.717) is 26.3 Å². The molecule has 94 valence electrons. The number of likely N-dealkylation sites (tertiary alicyclic amines) is 1. The lowest BCUT2D eigenvalue weighted by Crippen LogP contribution is -2.26. The minimum Gasteiger partial charge on any atom is -0.389 e. The molecule has 4 nitrogen and oxygen atoms in total. The fraction of sp³-hybridized carbons (Fsp3) is 0.538. The molecule has 1 aliphatic heterocycles. The average Bonchev–Trinajstić information content (AvgIpc) is 2.66. The maximum absolute atomic E-state index is 9.37. The lowest BCUT2D eigenvalue weighted by atomic mass is 10.2. The van der Waals surface area contributed by atoms with E-state index in [2.05, 4.69) is 0 Å². The Hall–Kier alpha value is -0.940. The van der Waals surface area contributed by atoms with Crippen LogP contribution >= 0.6 is 0 Å². The normalized spacial score (nSPS) is 25.3. The fourth-order valence-electron chi connectivity index (χ4n) is 1.99. The van der Waals surface area contributed by atoms with Crippen LogP contribution in [0.15, 0.2) is 30.3 Å². The molecule has 0 amide bonds. The van der Waals surface area contributed by atoms with Crippen molar-refractivity contribution in [1.29, 1.82) is 0 Å². The zero-order valence-corrected chi connectivity index (χ0v) is 9.83. The van der Waals surface area contributed by atoms with E-state index >= 15 is 0 Å². The van der Waals surface area contributed by atoms with Gasteiger partial charge in [-0.2, -0.15) is 0 Å². The van der Waals surface area contributed by atoms with Gasteiger partial charge in [-0.1, -0.05) is 30.3 Å². The summed E-state index contributed by atoms with van der Waals surface area (Å²) in [6.45, 7) is 3.06. The smallest absolute Gasteiger partial charge is 0.0938 e. The van der Waals surface area contributed by atoms with Gasteiger partial charge >= 0.3 is 0 Å². The Morgan fingerprint density at radius 1 is 1.12 bits per heavy atom. The van der Waals surface area contributed by atoms with Crippen molar-refractivity contribution >= 4 is 0 Å². The van der Waals surface area contributed by atoms with Crippen molar-refractivity contribution in [1.82, 2.24) is 4.90 Å². The molecule has 0 saturated carbocycles. The highest BCUT2D eigenvalue weighted by Gasteiger charge is 2.28. The quantitative estimate of drug-likeness (QED) is 0.720. The molecule has 2 N–H and O–H groups in total. The highest BCUT2D eigenvalue weighted by molar-refractivity contribution is 5.13. The van der Waals surface area contributed by atoms with Gasteiger partial charge in [-0.05, 0) is 5.56 Å². The molecule has 0 aliphatic carbocycles. The van der Waals surface area contributed by atoms with Crippen LogP contribution < -0.4 is 0 Å². The lowest BCUT2D eigenvalue weighted by molar-refractivity contribution is 0.0572. The van der Waals surface area contributed by atoms with Crippen LogP contribution in [0.4, 0.5) is 0 Å². The molecular formula is C13H19NO3. The van der Waals surface area contributed by atoms with Crippen molar-refractivity contribution in [3.63, 3.8) is 0 Å². The monoisotopic (exact) mass is 237 g/mol. The molecule has 1 saturated heterocycles. The van der Waals surface area contributed by atoms with E-state index < -0.39 is 12.2 Å². The first kappa shape index (κ1) is 12.5. The molecule has 0 radical (unpaired) electrons. The number of benzene rings is 1. The molecule has 0 unspecified atom stereocenters. The average molecular weight is 237 g/mol. The summed E-state index contributed by atoms with van der Waals surface area (Å²) in [6, 6.07) is 10.0. The molecule has 0 spiro atoms. The third-order valence-corrected chi connectivity index (χ3v) is 3.00. The van der Waals surface area contributed by atoms with Gasteiger partial charge in [0.2, 0.25) is 0 Å². The van der Waals surface area contributed by atoms with E-state index in [1.807, 2.05) is 35.2 Å². The van der Waals surface area contributed by atoms with E-state index in [1.165, 1.54) is 0 Å². The van der Waals surface area contributed by atoms with E-state index in [1.54, 1.807) is 0 Å². The summed E-state index contributed by atoms with van der Waals surface area (Å²) in [4.78, 5) is 2.01. The molecule has 0 bridgehead atoms. The van der Waals surface area contributed by atoms with Crippen LogP contribution in [0.3, 0.4) is 0 Å². The van der Waals surface area contributed by atoms with Crippen molar-refractivity contribution in [2.24, 2.45) is 0 Å². The number of hydrogen-bond donors (Lipinski definition) is 2. The molecule has 4 heteroatoms. The van der Waals surface area contributed by atoms with Gasteiger partial charge in [0.15, 0.2) is 0 Å². The second-order valence-electron chi connectivity index (χ2n) is 4.43. The lowest BCUT2D eigenvalue weighted by Gasteiger charge is -2.14. The number of aliphatic hydroxyl groups is 2. The molecule has 1 aromatic rings. The van der Waals surface area contributed by atoms with Crippen LogP contribution in [-0.4, -0.2) is 53.6 Å². The van der Waals surface area contributed by atoms with Gasteiger partial charge in [-0.25, -0.2) is 0 Å². The maximum atomic E-state index is 9.37. The van der Waals surface area contributed by atoms with Crippen LogP contribution in [0.25, 0.3) is 0 Å². The van der Waals surface area contributed by atoms with Gasteiger partial charge in [0.25, 0.3) is 0 Å². The van der Waals surface area contributed by atoms with Crippen molar-refractivity contribution in [3.05, 3.63) is 35.9 Å². The first-order chi connectivity index (χ1) is 8.25. The maximum Gasteiger partial charge on any atom is 0.0938 e. The molecular weight excluding hydrogens is 218 g/mol. The van der Waals surface area contributed by atoms with Gasteiger partial charge < -0.3 is 14.9 Å². The minimum absolute atomic E-state index is 0.538. The first-order valence-corrected chi connectivity index (χ1v) is 5.96. The third-order valence-electron chi connectivity index (χ3n) is 3.00. The highest BCUT2D eigenvalue weighted by atomic mass is 16.5. The molecule has 1 aromatic carbocycles. The van der Waals surface area contributed by atoms with E-state index in [9.17, 15) is 10.2 Å².